The van der Waals surface area contributed by atoms with E-state index < -0.39 is 17.5 Å². The zero-order chi connectivity index (χ0) is 20.4. The number of aromatic carboxylic acids is 1. The van der Waals surface area contributed by atoms with Gasteiger partial charge in [-0.3, -0.25) is 0 Å². The standard InChI is InChI=1S/C22H30O5/c1-15(2)7-5-8-16(3)9-6-10-17(4)11-12-27-20-14-18(22(25)26)13-19(23)21(20)24/h7,9,11,13-14,23-24H,5-6,8,10,12H2,1-4H3,(H,25,26)/b16-9+,17-11+. The average molecular weight is 374 g/mol. The van der Waals surface area contributed by atoms with Crippen molar-refractivity contribution in [2.45, 2.75) is 53.4 Å². The highest BCUT2D eigenvalue weighted by Crippen LogP contribution is 2.36. The van der Waals surface area contributed by atoms with Crippen LogP contribution < -0.4 is 4.74 Å². The summed E-state index contributed by atoms with van der Waals surface area (Å²) < 4.78 is 5.41. The highest BCUT2D eigenvalue weighted by atomic mass is 16.5. The molecule has 0 amide bonds. The molecular weight excluding hydrogens is 344 g/mol. The van der Waals surface area contributed by atoms with Gasteiger partial charge in [0.2, 0.25) is 5.75 Å². The normalized spacial score (nSPS) is 12.0. The minimum Gasteiger partial charge on any atom is -0.504 e. The number of benzene rings is 1. The first kappa shape index (κ1) is 22.4. The Labute approximate surface area is 161 Å². The highest BCUT2D eigenvalue weighted by Gasteiger charge is 2.14. The lowest BCUT2D eigenvalue weighted by molar-refractivity contribution is 0.0696. The second-order valence-electron chi connectivity index (χ2n) is 6.92. The van der Waals surface area contributed by atoms with Crippen LogP contribution in [0, 0.1) is 0 Å². The first-order valence-electron chi connectivity index (χ1n) is 9.07. The Morgan fingerprint density at radius 2 is 1.56 bits per heavy atom. The average Bonchev–Trinajstić information content (AvgIpc) is 2.57. The molecule has 0 fully saturated rings. The summed E-state index contributed by atoms with van der Waals surface area (Å²) >= 11 is 0. The fourth-order valence-corrected chi connectivity index (χ4v) is 2.44. The number of phenolic OH excluding ortho intramolecular Hbond substituents is 2. The van der Waals surface area contributed by atoms with E-state index in [1.54, 1.807) is 0 Å². The van der Waals surface area contributed by atoms with Crippen LogP contribution in [0.5, 0.6) is 17.2 Å². The van der Waals surface area contributed by atoms with E-state index in [-0.39, 0.29) is 17.9 Å². The van der Waals surface area contributed by atoms with Gasteiger partial charge in [0.15, 0.2) is 11.5 Å². The molecule has 5 nitrogen and oxygen atoms in total. The van der Waals surface area contributed by atoms with Gasteiger partial charge in [-0.1, -0.05) is 28.9 Å². The number of carboxylic acid groups (broad SMARTS) is 1. The number of allylic oxidation sites excluding steroid dienone is 5. The monoisotopic (exact) mass is 374 g/mol. The molecule has 0 spiro atoms. The summed E-state index contributed by atoms with van der Waals surface area (Å²) in [4.78, 5) is 11.0. The molecule has 0 aliphatic rings. The number of hydrogen-bond donors (Lipinski definition) is 3. The quantitative estimate of drug-likeness (QED) is 0.367. The second kappa shape index (κ2) is 11.1. The summed E-state index contributed by atoms with van der Waals surface area (Å²) in [7, 11) is 0. The first-order chi connectivity index (χ1) is 12.7. The molecule has 0 aliphatic carbocycles. The Kier molecular flexibility index (Phi) is 9.20. The molecule has 1 rings (SSSR count). The topological polar surface area (TPSA) is 87.0 Å². The van der Waals surface area contributed by atoms with Gasteiger partial charge >= 0.3 is 5.97 Å². The van der Waals surface area contributed by atoms with Gasteiger partial charge in [0.1, 0.15) is 6.61 Å². The number of carboxylic acids is 1. The summed E-state index contributed by atoms with van der Waals surface area (Å²) in [6.45, 7) is 8.54. The van der Waals surface area contributed by atoms with Crippen molar-refractivity contribution in [2.75, 3.05) is 6.61 Å². The zero-order valence-electron chi connectivity index (χ0n) is 16.6. The van der Waals surface area contributed by atoms with E-state index in [4.69, 9.17) is 9.84 Å². The molecule has 148 valence electrons. The third-order valence-corrected chi connectivity index (χ3v) is 4.10. The van der Waals surface area contributed by atoms with E-state index in [1.165, 1.54) is 17.2 Å². The summed E-state index contributed by atoms with van der Waals surface area (Å²) in [6, 6.07) is 2.18. The predicted octanol–water partition coefficient (Wildman–Crippen LogP) is 5.59. The maximum absolute atomic E-state index is 11.0. The van der Waals surface area contributed by atoms with Crippen LogP contribution in [0.1, 0.15) is 63.7 Å². The van der Waals surface area contributed by atoms with Gasteiger partial charge in [-0.25, -0.2) is 4.79 Å². The van der Waals surface area contributed by atoms with Crippen LogP contribution >= 0.6 is 0 Å². The van der Waals surface area contributed by atoms with Crippen LogP contribution in [0.15, 0.2) is 47.1 Å². The minimum atomic E-state index is -1.20. The number of rotatable bonds is 10. The molecule has 0 heterocycles. The number of carbonyl (C=O) groups is 1. The van der Waals surface area contributed by atoms with E-state index in [0.29, 0.717) is 0 Å². The van der Waals surface area contributed by atoms with Crippen molar-refractivity contribution in [1.29, 1.82) is 0 Å². The van der Waals surface area contributed by atoms with Gasteiger partial charge in [-0.2, -0.15) is 0 Å². The Balaban J connectivity index is 2.51. The lowest BCUT2D eigenvalue weighted by Gasteiger charge is -2.09. The summed E-state index contributed by atoms with van der Waals surface area (Å²) in [6.07, 6.45) is 10.4. The van der Waals surface area contributed by atoms with Gasteiger partial charge < -0.3 is 20.1 Å². The molecule has 0 saturated carbocycles. The first-order valence-corrected chi connectivity index (χ1v) is 9.07. The van der Waals surface area contributed by atoms with E-state index >= 15 is 0 Å². The molecular formula is C22H30O5. The molecule has 0 aromatic heterocycles. The van der Waals surface area contributed by atoms with Gasteiger partial charge in [0.05, 0.1) is 5.56 Å². The van der Waals surface area contributed by atoms with Gasteiger partial charge in [0, 0.05) is 0 Å². The van der Waals surface area contributed by atoms with E-state index in [1.807, 2.05) is 13.0 Å². The van der Waals surface area contributed by atoms with Crippen LogP contribution in [0.3, 0.4) is 0 Å². The van der Waals surface area contributed by atoms with Crippen molar-refractivity contribution in [3.8, 4) is 17.2 Å². The number of aromatic hydroxyl groups is 2. The molecule has 0 radical (unpaired) electrons. The van der Waals surface area contributed by atoms with Crippen LogP contribution in [-0.4, -0.2) is 27.9 Å². The second-order valence-corrected chi connectivity index (χ2v) is 6.92. The Morgan fingerprint density at radius 1 is 0.963 bits per heavy atom. The third-order valence-electron chi connectivity index (χ3n) is 4.10. The Bertz CT molecular complexity index is 737. The fourth-order valence-electron chi connectivity index (χ4n) is 2.44. The van der Waals surface area contributed by atoms with Crippen molar-refractivity contribution >= 4 is 5.97 Å². The molecule has 0 unspecified atom stereocenters. The third kappa shape index (κ3) is 8.49. The van der Waals surface area contributed by atoms with Crippen LogP contribution in [-0.2, 0) is 0 Å². The number of ether oxygens (including phenoxy) is 1. The van der Waals surface area contributed by atoms with Crippen LogP contribution in [0.2, 0.25) is 0 Å². The van der Waals surface area contributed by atoms with Crippen molar-refractivity contribution in [2.24, 2.45) is 0 Å². The zero-order valence-corrected chi connectivity index (χ0v) is 16.6. The minimum absolute atomic E-state index is 0.0496. The lowest BCUT2D eigenvalue weighted by Crippen LogP contribution is -2.00. The molecule has 5 heteroatoms. The summed E-state index contributed by atoms with van der Waals surface area (Å²) in [5, 5.41) is 28.3. The Hall–Kier alpha value is -2.69. The lowest BCUT2D eigenvalue weighted by atomic mass is 10.1. The molecule has 27 heavy (non-hydrogen) atoms. The number of phenols is 2. The molecule has 1 aromatic rings. The molecule has 0 bridgehead atoms. The van der Waals surface area contributed by atoms with Crippen molar-refractivity contribution in [3.63, 3.8) is 0 Å². The van der Waals surface area contributed by atoms with Gasteiger partial charge in [0.25, 0.3) is 0 Å². The summed E-state index contributed by atoms with van der Waals surface area (Å²) in [5.41, 5.74) is 3.72. The summed E-state index contributed by atoms with van der Waals surface area (Å²) in [5.74, 6) is -2.22. The fraction of sp³-hybridized carbons (Fsp3) is 0.409. The molecule has 0 aliphatic heterocycles. The molecule has 0 atom stereocenters. The van der Waals surface area contributed by atoms with E-state index in [9.17, 15) is 15.0 Å². The predicted molar refractivity (Wildman–Crippen MR) is 108 cm³/mol. The highest BCUT2D eigenvalue weighted by molar-refractivity contribution is 5.89. The SMILES string of the molecule is CC(C)=CCC/C(C)=C/CC/C(C)=C/COc1cc(C(=O)O)cc(O)c1O. The van der Waals surface area contributed by atoms with Crippen molar-refractivity contribution in [3.05, 3.63) is 52.6 Å². The van der Waals surface area contributed by atoms with Gasteiger partial charge in [-0.15, -0.1) is 0 Å². The van der Waals surface area contributed by atoms with Crippen molar-refractivity contribution < 1.29 is 24.9 Å². The molecule has 1 aromatic carbocycles. The van der Waals surface area contributed by atoms with Crippen LogP contribution in [0.25, 0.3) is 0 Å². The van der Waals surface area contributed by atoms with E-state index in [2.05, 4.69) is 32.9 Å². The smallest absolute Gasteiger partial charge is 0.335 e. The van der Waals surface area contributed by atoms with E-state index in [0.717, 1.165) is 37.3 Å². The van der Waals surface area contributed by atoms with Crippen LogP contribution in [0.4, 0.5) is 0 Å². The maximum atomic E-state index is 11.0. The largest absolute Gasteiger partial charge is 0.504 e. The molecule has 3 N–H and O–H groups in total. The molecule has 0 saturated heterocycles. The Morgan fingerprint density at radius 3 is 2.15 bits per heavy atom. The van der Waals surface area contributed by atoms with Crippen molar-refractivity contribution in [1.82, 2.24) is 0 Å². The maximum Gasteiger partial charge on any atom is 0.335 e. The van der Waals surface area contributed by atoms with Gasteiger partial charge in [-0.05, 0) is 71.6 Å². The number of hydrogen-bond acceptors (Lipinski definition) is 4.